The summed E-state index contributed by atoms with van der Waals surface area (Å²) >= 11 is 0. The van der Waals surface area contributed by atoms with Crippen molar-refractivity contribution < 1.29 is 14.3 Å². The molecular formula is C18H24N2O3. The second-order valence-corrected chi connectivity index (χ2v) is 6.01. The minimum atomic E-state index is -0.669. The number of aryl methyl sites for hydroxylation is 1. The van der Waals surface area contributed by atoms with Crippen molar-refractivity contribution in [2.24, 2.45) is 0 Å². The summed E-state index contributed by atoms with van der Waals surface area (Å²) in [5.41, 5.74) is 4.76. The van der Waals surface area contributed by atoms with Gasteiger partial charge in [0.2, 0.25) is 0 Å². The molecule has 0 saturated heterocycles. The van der Waals surface area contributed by atoms with Gasteiger partial charge in [-0.1, -0.05) is 25.1 Å². The Balaban J connectivity index is 2.04. The first-order valence-electron chi connectivity index (χ1n) is 7.79. The quantitative estimate of drug-likeness (QED) is 0.777. The van der Waals surface area contributed by atoms with Gasteiger partial charge in [0.15, 0.2) is 6.73 Å². The summed E-state index contributed by atoms with van der Waals surface area (Å²) in [5.74, 6) is 0.179. The summed E-state index contributed by atoms with van der Waals surface area (Å²) in [6, 6.07) is 6.30. The van der Waals surface area contributed by atoms with Crippen molar-refractivity contribution in [2.45, 2.75) is 53.4 Å². The molecule has 0 aliphatic rings. The van der Waals surface area contributed by atoms with E-state index in [-0.39, 0.29) is 18.8 Å². The number of hydrogen-bond donors (Lipinski definition) is 0. The standard InChI is InChI=1S/C18H24N2O3/c1-12(2)23-18(21)22-11-20-9-17(19-10-20)15(5)16-8-6-7-13(3)14(16)4/h6-10,12,15H,11H2,1-5H3/t15-/m0/s1. The topological polar surface area (TPSA) is 53.4 Å². The fourth-order valence-electron chi connectivity index (χ4n) is 2.43. The van der Waals surface area contributed by atoms with Crippen molar-refractivity contribution in [3.05, 3.63) is 53.1 Å². The van der Waals surface area contributed by atoms with Crippen molar-refractivity contribution in [1.29, 1.82) is 0 Å². The molecule has 5 nitrogen and oxygen atoms in total. The van der Waals surface area contributed by atoms with Gasteiger partial charge in [-0.25, -0.2) is 9.78 Å². The molecule has 0 spiro atoms. The number of carbonyl (C=O) groups is 1. The molecule has 0 N–H and O–H groups in total. The molecule has 5 heteroatoms. The Bertz CT molecular complexity index is 677. The zero-order valence-electron chi connectivity index (χ0n) is 14.4. The number of carbonyl (C=O) groups excluding carboxylic acids is 1. The molecule has 2 rings (SSSR count). The van der Waals surface area contributed by atoms with Crippen LogP contribution >= 0.6 is 0 Å². The highest BCUT2D eigenvalue weighted by Crippen LogP contribution is 2.27. The molecule has 2 aromatic rings. The highest BCUT2D eigenvalue weighted by atomic mass is 16.7. The Morgan fingerprint density at radius 2 is 2.00 bits per heavy atom. The molecule has 0 amide bonds. The van der Waals surface area contributed by atoms with Crippen LogP contribution in [0.2, 0.25) is 0 Å². The predicted octanol–water partition coefficient (Wildman–Crippen LogP) is 4.17. The van der Waals surface area contributed by atoms with Gasteiger partial charge < -0.3 is 14.0 Å². The Hall–Kier alpha value is -2.30. The molecule has 0 bridgehead atoms. The average Bonchev–Trinajstić information content (AvgIpc) is 2.95. The summed E-state index contributed by atoms with van der Waals surface area (Å²) in [6.07, 6.45) is 2.71. The van der Waals surface area contributed by atoms with Crippen LogP contribution in [0.4, 0.5) is 4.79 Å². The summed E-state index contributed by atoms with van der Waals surface area (Å²) in [4.78, 5) is 15.8. The molecular weight excluding hydrogens is 292 g/mol. The first-order valence-corrected chi connectivity index (χ1v) is 7.79. The SMILES string of the molecule is Cc1cccc([C@H](C)c2cn(COC(=O)OC(C)C)cn2)c1C. The van der Waals surface area contributed by atoms with Crippen LogP contribution < -0.4 is 0 Å². The van der Waals surface area contributed by atoms with E-state index in [1.165, 1.54) is 16.7 Å². The van der Waals surface area contributed by atoms with Crippen molar-refractivity contribution in [1.82, 2.24) is 9.55 Å². The van der Waals surface area contributed by atoms with Crippen LogP contribution in [0.5, 0.6) is 0 Å². The molecule has 1 aromatic heterocycles. The van der Waals surface area contributed by atoms with Crippen molar-refractivity contribution >= 4 is 6.16 Å². The van der Waals surface area contributed by atoms with Crippen LogP contribution in [0.3, 0.4) is 0 Å². The summed E-state index contributed by atoms with van der Waals surface area (Å²) in [6.45, 7) is 10.0. The first kappa shape index (κ1) is 17.1. The van der Waals surface area contributed by atoms with E-state index in [9.17, 15) is 4.79 Å². The van der Waals surface area contributed by atoms with Crippen LogP contribution in [0.15, 0.2) is 30.7 Å². The maximum Gasteiger partial charge on any atom is 0.510 e. The van der Waals surface area contributed by atoms with Gasteiger partial charge in [0.25, 0.3) is 0 Å². The largest absolute Gasteiger partial charge is 0.510 e. The van der Waals surface area contributed by atoms with Gasteiger partial charge in [0.05, 0.1) is 18.1 Å². The van der Waals surface area contributed by atoms with E-state index in [1.54, 1.807) is 24.7 Å². The summed E-state index contributed by atoms with van der Waals surface area (Å²) < 4.78 is 11.7. The Morgan fingerprint density at radius 3 is 2.70 bits per heavy atom. The number of nitrogens with zero attached hydrogens (tertiary/aromatic N) is 2. The number of aromatic nitrogens is 2. The minimum Gasteiger partial charge on any atom is -0.432 e. The zero-order valence-corrected chi connectivity index (χ0v) is 14.4. The van der Waals surface area contributed by atoms with Gasteiger partial charge in [-0.3, -0.25) is 0 Å². The average molecular weight is 316 g/mol. The van der Waals surface area contributed by atoms with E-state index in [1.807, 2.05) is 6.20 Å². The van der Waals surface area contributed by atoms with Gasteiger partial charge in [-0.05, 0) is 44.4 Å². The molecule has 1 aromatic carbocycles. The molecule has 0 saturated carbocycles. The van der Waals surface area contributed by atoms with E-state index in [0.29, 0.717) is 0 Å². The molecule has 23 heavy (non-hydrogen) atoms. The van der Waals surface area contributed by atoms with E-state index in [2.05, 4.69) is 44.0 Å². The Morgan fingerprint density at radius 1 is 1.26 bits per heavy atom. The molecule has 1 atom stereocenters. The van der Waals surface area contributed by atoms with Crippen LogP contribution in [-0.2, 0) is 16.2 Å². The molecule has 0 radical (unpaired) electrons. The third kappa shape index (κ3) is 4.34. The van der Waals surface area contributed by atoms with Crippen molar-refractivity contribution in [2.75, 3.05) is 0 Å². The normalized spacial score (nSPS) is 12.3. The molecule has 0 fully saturated rings. The fraction of sp³-hybridized carbons (Fsp3) is 0.444. The summed E-state index contributed by atoms with van der Waals surface area (Å²) in [5, 5.41) is 0. The van der Waals surface area contributed by atoms with E-state index < -0.39 is 6.16 Å². The van der Waals surface area contributed by atoms with Gasteiger partial charge in [0, 0.05) is 12.1 Å². The van der Waals surface area contributed by atoms with Crippen LogP contribution in [-0.4, -0.2) is 21.8 Å². The molecule has 0 aliphatic heterocycles. The second kappa shape index (κ2) is 7.31. The zero-order chi connectivity index (χ0) is 17.0. The van der Waals surface area contributed by atoms with Crippen LogP contribution in [0.1, 0.15) is 49.1 Å². The monoisotopic (exact) mass is 316 g/mol. The predicted molar refractivity (Wildman–Crippen MR) is 88.4 cm³/mol. The van der Waals surface area contributed by atoms with E-state index in [4.69, 9.17) is 9.47 Å². The maximum atomic E-state index is 11.4. The minimum absolute atomic E-state index is 0.0953. The second-order valence-electron chi connectivity index (χ2n) is 6.01. The maximum absolute atomic E-state index is 11.4. The number of rotatable bonds is 5. The van der Waals surface area contributed by atoms with Crippen LogP contribution in [0, 0.1) is 13.8 Å². The van der Waals surface area contributed by atoms with E-state index >= 15 is 0 Å². The number of ether oxygens (including phenoxy) is 2. The lowest BCUT2D eigenvalue weighted by atomic mass is 9.92. The number of hydrogen-bond acceptors (Lipinski definition) is 4. The fourth-order valence-corrected chi connectivity index (χ4v) is 2.43. The van der Waals surface area contributed by atoms with Gasteiger partial charge >= 0.3 is 6.16 Å². The van der Waals surface area contributed by atoms with Crippen LogP contribution in [0.25, 0.3) is 0 Å². The van der Waals surface area contributed by atoms with Gasteiger partial charge in [0.1, 0.15) is 0 Å². The lowest BCUT2D eigenvalue weighted by Crippen LogP contribution is -2.14. The third-order valence-corrected chi connectivity index (χ3v) is 3.87. The lowest BCUT2D eigenvalue weighted by molar-refractivity contribution is 0.0160. The number of benzene rings is 1. The number of imidazole rings is 1. The highest BCUT2D eigenvalue weighted by Gasteiger charge is 2.15. The van der Waals surface area contributed by atoms with Crippen molar-refractivity contribution in [3.63, 3.8) is 0 Å². The molecule has 124 valence electrons. The lowest BCUT2D eigenvalue weighted by Gasteiger charge is -2.14. The Kier molecular flexibility index (Phi) is 5.42. The Labute approximate surface area is 137 Å². The smallest absolute Gasteiger partial charge is 0.432 e. The molecule has 0 unspecified atom stereocenters. The summed E-state index contributed by atoms with van der Waals surface area (Å²) in [7, 11) is 0. The van der Waals surface area contributed by atoms with Crippen molar-refractivity contribution in [3.8, 4) is 0 Å². The third-order valence-electron chi connectivity index (χ3n) is 3.87. The van der Waals surface area contributed by atoms with Gasteiger partial charge in [-0.15, -0.1) is 0 Å². The van der Waals surface area contributed by atoms with Gasteiger partial charge in [-0.2, -0.15) is 0 Å². The molecule has 0 aliphatic carbocycles. The molecule has 1 heterocycles. The van der Waals surface area contributed by atoms with E-state index in [0.717, 1.165) is 5.69 Å². The first-order chi connectivity index (χ1) is 10.9. The highest BCUT2D eigenvalue weighted by molar-refractivity contribution is 5.59.